The third-order valence-corrected chi connectivity index (χ3v) is 6.26. The fourth-order valence-corrected chi connectivity index (χ4v) is 4.38. The molecule has 2 N–H and O–H groups in total. The summed E-state index contributed by atoms with van der Waals surface area (Å²) in [5.41, 5.74) is -1.25. The van der Waals surface area contributed by atoms with E-state index in [2.05, 4.69) is 0 Å². The van der Waals surface area contributed by atoms with Crippen LogP contribution in [0.5, 0.6) is 0 Å². The number of carbonyl (C=O) groups excluding carboxylic acids is 2. The highest BCUT2D eigenvalue weighted by Crippen LogP contribution is 2.28. The van der Waals surface area contributed by atoms with E-state index in [1.165, 1.54) is 11.8 Å². The van der Waals surface area contributed by atoms with Crippen molar-refractivity contribution in [1.29, 1.82) is 0 Å². The van der Waals surface area contributed by atoms with Crippen LogP contribution in [0.2, 0.25) is 0 Å². The zero-order valence-electron chi connectivity index (χ0n) is 15.1. The molecular weight excluding hydrogens is 368 g/mol. The lowest BCUT2D eigenvalue weighted by atomic mass is 9.91. The molecule has 0 saturated carbocycles. The van der Waals surface area contributed by atoms with Gasteiger partial charge in [-0.2, -0.15) is 0 Å². The lowest BCUT2D eigenvalue weighted by molar-refractivity contribution is -0.162. The number of aliphatic hydroxyl groups is 1. The minimum atomic E-state index is -1.76. The van der Waals surface area contributed by atoms with E-state index in [0.29, 0.717) is 11.3 Å². The number of nitrogens with zero attached hydrogens (tertiary/aromatic N) is 2. The van der Waals surface area contributed by atoms with Crippen LogP contribution in [-0.2, 0) is 9.59 Å². The quantitative estimate of drug-likeness (QED) is 0.736. The van der Waals surface area contributed by atoms with Crippen LogP contribution >= 0.6 is 11.8 Å². The van der Waals surface area contributed by atoms with Gasteiger partial charge in [0.1, 0.15) is 0 Å². The van der Waals surface area contributed by atoms with Gasteiger partial charge in [-0.1, -0.05) is 12.1 Å². The lowest BCUT2D eigenvalue weighted by Gasteiger charge is -2.35. The summed E-state index contributed by atoms with van der Waals surface area (Å²) in [7, 11) is 0. The first-order valence-corrected chi connectivity index (χ1v) is 10.1. The van der Waals surface area contributed by atoms with Gasteiger partial charge in [0.2, 0.25) is 5.91 Å². The predicted molar refractivity (Wildman–Crippen MR) is 101 cm³/mol. The second-order valence-corrected chi connectivity index (χ2v) is 8.02. The van der Waals surface area contributed by atoms with Gasteiger partial charge in [0.25, 0.3) is 5.91 Å². The third-order valence-electron chi connectivity index (χ3n) is 5.20. The summed E-state index contributed by atoms with van der Waals surface area (Å²) in [5, 5.41) is 19.1. The first-order chi connectivity index (χ1) is 12.9. The maximum absolute atomic E-state index is 12.9. The topological polar surface area (TPSA) is 98.2 Å². The molecule has 1 aromatic rings. The molecule has 0 aromatic heterocycles. The Kier molecular flexibility index (Phi) is 6.06. The van der Waals surface area contributed by atoms with E-state index < -0.39 is 11.6 Å². The van der Waals surface area contributed by atoms with Gasteiger partial charge in [-0.15, -0.1) is 11.8 Å². The average molecular weight is 392 g/mol. The molecule has 2 heterocycles. The Morgan fingerprint density at radius 2 is 1.63 bits per heavy atom. The van der Waals surface area contributed by atoms with Gasteiger partial charge in [-0.25, -0.2) is 4.79 Å². The molecule has 3 rings (SSSR count). The molecule has 0 radical (unpaired) electrons. The van der Waals surface area contributed by atoms with E-state index in [-0.39, 0.29) is 37.7 Å². The number of benzene rings is 1. The Hall–Kier alpha value is -2.06. The van der Waals surface area contributed by atoms with Crippen molar-refractivity contribution in [1.82, 2.24) is 9.80 Å². The van der Waals surface area contributed by atoms with Crippen molar-refractivity contribution < 1.29 is 24.6 Å². The maximum Gasteiger partial charge on any atom is 0.335 e. The summed E-state index contributed by atoms with van der Waals surface area (Å²) in [6.07, 6.45) is 2.11. The molecule has 2 amide bonds. The minimum Gasteiger partial charge on any atom is -0.479 e. The van der Waals surface area contributed by atoms with Crippen LogP contribution in [0.1, 0.15) is 36.0 Å². The number of likely N-dealkylation sites (tertiary alicyclic amines) is 2. The monoisotopic (exact) mass is 392 g/mol. The molecule has 7 nitrogen and oxygen atoms in total. The van der Waals surface area contributed by atoms with Crippen molar-refractivity contribution in [2.24, 2.45) is 0 Å². The Balaban J connectivity index is 1.64. The molecule has 1 aromatic carbocycles. The van der Waals surface area contributed by atoms with Gasteiger partial charge >= 0.3 is 5.97 Å². The number of thioether (sulfide) groups is 1. The van der Waals surface area contributed by atoms with Crippen LogP contribution in [0.15, 0.2) is 29.2 Å². The fourth-order valence-electron chi connectivity index (χ4n) is 3.43. The van der Waals surface area contributed by atoms with E-state index in [1.807, 2.05) is 17.0 Å². The maximum atomic E-state index is 12.9. The molecule has 27 heavy (non-hydrogen) atoms. The molecule has 0 spiro atoms. The summed E-state index contributed by atoms with van der Waals surface area (Å²) in [4.78, 5) is 40.5. The van der Waals surface area contributed by atoms with Gasteiger partial charge in [0, 0.05) is 43.9 Å². The van der Waals surface area contributed by atoms with Gasteiger partial charge in [0.15, 0.2) is 5.60 Å². The summed E-state index contributed by atoms with van der Waals surface area (Å²) >= 11 is 1.36. The second kappa shape index (κ2) is 8.31. The normalized spacial score (nSPS) is 19.1. The number of rotatable bonds is 5. The summed E-state index contributed by atoms with van der Waals surface area (Å²) in [6.45, 7) is 1.99. The largest absolute Gasteiger partial charge is 0.479 e. The van der Waals surface area contributed by atoms with Crippen LogP contribution in [0.25, 0.3) is 0 Å². The Morgan fingerprint density at radius 3 is 2.26 bits per heavy atom. The minimum absolute atomic E-state index is 0.0107. The van der Waals surface area contributed by atoms with Crippen LogP contribution in [0.3, 0.4) is 0 Å². The zero-order valence-corrected chi connectivity index (χ0v) is 15.9. The summed E-state index contributed by atoms with van der Waals surface area (Å²) in [5.74, 6) is -1.06. The smallest absolute Gasteiger partial charge is 0.335 e. The molecule has 2 fully saturated rings. The number of piperidine rings is 1. The van der Waals surface area contributed by atoms with Crippen molar-refractivity contribution in [3.8, 4) is 0 Å². The van der Waals surface area contributed by atoms with E-state index in [4.69, 9.17) is 5.11 Å². The number of amides is 2. The molecule has 0 bridgehead atoms. The number of carboxylic acids is 1. The van der Waals surface area contributed by atoms with E-state index in [1.54, 1.807) is 17.0 Å². The highest BCUT2D eigenvalue weighted by molar-refractivity contribution is 8.00. The second-order valence-electron chi connectivity index (χ2n) is 7.00. The molecule has 2 aliphatic heterocycles. The van der Waals surface area contributed by atoms with Crippen molar-refractivity contribution in [3.63, 3.8) is 0 Å². The molecule has 146 valence electrons. The van der Waals surface area contributed by atoms with Crippen molar-refractivity contribution in [2.45, 2.75) is 36.2 Å². The van der Waals surface area contributed by atoms with Crippen LogP contribution in [-0.4, -0.2) is 75.3 Å². The first kappa shape index (κ1) is 19.7. The molecule has 2 aliphatic rings. The predicted octanol–water partition coefficient (Wildman–Crippen LogP) is 1.45. The fraction of sp³-hybridized carbons (Fsp3) is 0.526. The molecule has 0 unspecified atom stereocenters. The number of hydrogen-bond acceptors (Lipinski definition) is 5. The van der Waals surface area contributed by atoms with Gasteiger partial charge in [-0.3, -0.25) is 9.59 Å². The van der Waals surface area contributed by atoms with Gasteiger partial charge in [0.05, 0.1) is 11.3 Å². The van der Waals surface area contributed by atoms with E-state index in [0.717, 1.165) is 30.8 Å². The van der Waals surface area contributed by atoms with Crippen LogP contribution in [0, 0.1) is 0 Å². The van der Waals surface area contributed by atoms with Crippen molar-refractivity contribution in [2.75, 3.05) is 31.9 Å². The summed E-state index contributed by atoms with van der Waals surface area (Å²) < 4.78 is 0. The molecule has 0 atom stereocenters. The Morgan fingerprint density at radius 1 is 1.00 bits per heavy atom. The van der Waals surface area contributed by atoms with Gasteiger partial charge < -0.3 is 20.0 Å². The number of carboxylic acid groups (broad SMARTS) is 1. The van der Waals surface area contributed by atoms with E-state index >= 15 is 0 Å². The zero-order chi connectivity index (χ0) is 19.4. The SMILES string of the molecule is O=C(CSc1ccccc1C(=O)N1CCC(O)(C(=O)O)CC1)N1CCCC1. The molecule has 8 heteroatoms. The lowest BCUT2D eigenvalue weighted by Crippen LogP contribution is -2.50. The number of aliphatic carboxylic acids is 1. The highest BCUT2D eigenvalue weighted by Gasteiger charge is 2.40. The third kappa shape index (κ3) is 4.44. The van der Waals surface area contributed by atoms with Crippen LogP contribution < -0.4 is 0 Å². The highest BCUT2D eigenvalue weighted by atomic mass is 32.2. The van der Waals surface area contributed by atoms with Crippen LogP contribution in [0.4, 0.5) is 0 Å². The van der Waals surface area contributed by atoms with Gasteiger partial charge in [-0.05, 0) is 25.0 Å². The van der Waals surface area contributed by atoms with Crippen molar-refractivity contribution in [3.05, 3.63) is 29.8 Å². The molecular formula is C19H24N2O5S. The molecule has 0 aliphatic carbocycles. The standard InChI is InChI=1S/C19H24N2O5S/c22-16(20-9-3-4-10-20)13-27-15-6-2-1-5-14(15)17(23)21-11-7-19(26,8-12-21)18(24)25/h1-2,5-6,26H,3-4,7-13H2,(H,24,25). The van der Waals surface area contributed by atoms with Crippen molar-refractivity contribution >= 4 is 29.5 Å². The molecule has 2 saturated heterocycles. The summed E-state index contributed by atoms with van der Waals surface area (Å²) in [6, 6.07) is 7.16. The number of carbonyl (C=O) groups is 3. The Labute approximate surface area is 162 Å². The number of hydrogen-bond donors (Lipinski definition) is 2. The van der Waals surface area contributed by atoms with E-state index in [9.17, 15) is 19.5 Å². The average Bonchev–Trinajstić information content (AvgIpc) is 3.21. The Bertz CT molecular complexity index is 725. The first-order valence-electron chi connectivity index (χ1n) is 9.15.